The summed E-state index contributed by atoms with van der Waals surface area (Å²) < 4.78 is 53.7. The van der Waals surface area contributed by atoms with Gasteiger partial charge in [-0.2, -0.15) is 13.2 Å². The molecule has 10 heteroatoms. The molecule has 1 aromatic carbocycles. The smallest absolute Gasteiger partial charge is 0.352 e. The van der Waals surface area contributed by atoms with Crippen LogP contribution < -0.4 is 10.6 Å². The molecule has 0 spiro atoms. The zero-order valence-corrected chi connectivity index (χ0v) is 16.8. The number of benzene rings is 1. The molecule has 0 unspecified atom stereocenters. The molecule has 0 radical (unpaired) electrons. The Morgan fingerprint density at radius 2 is 1.87 bits per heavy atom. The molecular formula is C20H21ClF4N4O. The van der Waals surface area contributed by atoms with Gasteiger partial charge in [-0.3, -0.25) is 4.79 Å². The highest BCUT2D eigenvalue weighted by Gasteiger charge is 2.38. The van der Waals surface area contributed by atoms with Crippen LogP contribution in [0, 0.1) is 11.7 Å². The Labute approximate surface area is 176 Å². The van der Waals surface area contributed by atoms with E-state index in [1.54, 1.807) is 0 Å². The molecule has 0 atom stereocenters. The van der Waals surface area contributed by atoms with Crippen molar-refractivity contribution in [2.75, 3.05) is 11.9 Å². The molecule has 5 nitrogen and oxygen atoms in total. The summed E-state index contributed by atoms with van der Waals surface area (Å²) in [6, 6.07) is 3.35. The topological polar surface area (TPSA) is 66.9 Å². The lowest BCUT2D eigenvalue weighted by molar-refractivity contribution is -0.141. The van der Waals surface area contributed by atoms with Crippen molar-refractivity contribution in [3.8, 4) is 0 Å². The quantitative estimate of drug-likeness (QED) is 0.456. The fourth-order valence-corrected chi connectivity index (χ4v) is 3.65. The van der Waals surface area contributed by atoms with Crippen molar-refractivity contribution in [1.29, 1.82) is 0 Å². The average Bonchev–Trinajstić information content (AvgIpc) is 2.96. The van der Waals surface area contributed by atoms with Crippen LogP contribution in [-0.2, 0) is 6.18 Å². The Morgan fingerprint density at radius 3 is 2.50 bits per heavy atom. The summed E-state index contributed by atoms with van der Waals surface area (Å²) in [6.45, 7) is 0.321. The summed E-state index contributed by atoms with van der Waals surface area (Å²) in [6.07, 6.45) is 2.27. The number of rotatable bonds is 5. The minimum atomic E-state index is -4.86. The molecule has 1 aliphatic carbocycles. The number of carbonyl (C=O) groups excluding carboxylic acids is 1. The van der Waals surface area contributed by atoms with Crippen LogP contribution in [0.3, 0.4) is 0 Å². The first-order valence-electron chi connectivity index (χ1n) is 9.68. The minimum absolute atomic E-state index is 0.0441. The van der Waals surface area contributed by atoms with Crippen LogP contribution in [0.25, 0.3) is 0 Å². The van der Waals surface area contributed by atoms with Crippen molar-refractivity contribution < 1.29 is 22.4 Å². The first-order valence-corrected chi connectivity index (χ1v) is 10.1. The van der Waals surface area contributed by atoms with Gasteiger partial charge in [0.15, 0.2) is 5.69 Å². The van der Waals surface area contributed by atoms with Crippen LogP contribution in [0.4, 0.5) is 29.2 Å². The molecule has 1 aromatic heterocycles. The summed E-state index contributed by atoms with van der Waals surface area (Å²) in [5, 5.41) is 5.06. The van der Waals surface area contributed by atoms with E-state index in [0.717, 1.165) is 56.9 Å². The van der Waals surface area contributed by atoms with Crippen LogP contribution in [0.1, 0.15) is 54.6 Å². The van der Waals surface area contributed by atoms with Crippen molar-refractivity contribution in [3.05, 3.63) is 46.5 Å². The van der Waals surface area contributed by atoms with E-state index < -0.39 is 35.1 Å². The number of carbonyl (C=O) groups is 1. The van der Waals surface area contributed by atoms with Gasteiger partial charge in [0.2, 0.25) is 5.95 Å². The summed E-state index contributed by atoms with van der Waals surface area (Å²) >= 11 is 5.87. The molecule has 2 aromatic rings. The third kappa shape index (κ3) is 5.81. The first-order chi connectivity index (χ1) is 14.2. The molecule has 162 valence electrons. The molecule has 0 saturated heterocycles. The Hall–Kier alpha value is -2.42. The Bertz CT molecular complexity index is 899. The molecule has 0 aliphatic heterocycles. The Balaban J connectivity index is 1.77. The van der Waals surface area contributed by atoms with Gasteiger partial charge in [0.05, 0.1) is 16.3 Å². The van der Waals surface area contributed by atoms with Crippen LogP contribution in [0.2, 0.25) is 5.02 Å². The summed E-state index contributed by atoms with van der Waals surface area (Å²) in [5.41, 5.74) is -1.86. The van der Waals surface area contributed by atoms with Crippen molar-refractivity contribution in [2.24, 2.45) is 5.92 Å². The zero-order chi connectivity index (χ0) is 21.7. The van der Waals surface area contributed by atoms with Crippen molar-refractivity contribution in [3.63, 3.8) is 0 Å². The van der Waals surface area contributed by atoms with E-state index in [9.17, 15) is 22.4 Å². The highest BCUT2D eigenvalue weighted by molar-refractivity contribution is 6.33. The number of hydrogen-bond acceptors (Lipinski definition) is 4. The fraction of sp³-hybridized carbons (Fsp3) is 0.450. The maximum absolute atomic E-state index is 13.5. The van der Waals surface area contributed by atoms with Crippen LogP contribution >= 0.6 is 11.6 Å². The number of anilines is 2. The van der Waals surface area contributed by atoms with Gasteiger partial charge in [-0.15, -0.1) is 0 Å². The SMILES string of the molecule is O=C(NCC1CCCCCC1)c1cnc(Nc2ccc(F)cc2Cl)nc1C(F)(F)F. The number of aromatic nitrogens is 2. The predicted octanol–water partition coefficient (Wildman–Crippen LogP) is 5.73. The van der Waals surface area contributed by atoms with Crippen LogP contribution in [0.5, 0.6) is 0 Å². The molecular weight excluding hydrogens is 424 g/mol. The van der Waals surface area contributed by atoms with Crippen molar-refractivity contribution >= 4 is 29.1 Å². The summed E-state index contributed by atoms with van der Waals surface area (Å²) in [4.78, 5) is 19.7. The Kier molecular flexibility index (Phi) is 7.12. The highest BCUT2D eigenvalue weighted by Crippen LogP contribution is 2.32. The molecule has 3 rings (SSSR count). The molecule has 1 amide bonds. The second-order valence-corrected chi connectivity index (χ2v) is 7.68. The molecule has 1 heterocycles. The predicted molar refractivity (Wildman–Crippen MR) is 105 cm³/mol. The third-order valence-corrected chi connectivity index (χ3v) is 5.32. The van der Waals surface area contributed by atoms with E-state index in [1.165, 1.54) is 6.07 Å². The van der Waals surface area contributed by atoms with Gasteiger partial charge in [-0.05, 0) is 37.0 Å². The number of nitrogens with one attached hydrogen (secondary N) is 2. The zero-order valence-electron chi connectivity index (χ0n) is 16.0. The fourth-order valence-electron chi connectivity index (χ4n) is 3.44. The molecule has 30 heavy (non-hydrogen) atoms. The largest absolute Gasteiger partial charge is 0.434 e. The number of halogens is 5. The van der Waals surface area contributed by atoms with E-state index in [-0.39, 0.29) is 16.6 Å². The lowest BCUT2D eigenvalue weighted by Crippen LogP contribution is -2.31. The summed E-state index contributed by atoms with van der Waals surface area (Å²) in [7, 11) is 0. The second-order valence-electron chi connectivity index (χ2n) is 7.27. The van der Waals surface area contributed by atoms with Gasteiger partial charge in [0.25, 0.3) is 5.91 Å². The maximum atomic E-state index is 13.5. The number of nitrogens with zero attached hydrogens (tertiary/aromatic N) is 2. The number of amides is 1. The van der Waals surface area contributed by atoms with E-state index in [2.05, 4.69) is 20.6 Å². The summed E-state index contributed by atoms with van der Waals surface area (Å²) in [5.74, 6) is -1.61. The number of hydrogen-bond donors (Lipinski definition) is 2. The van der Waals surface area contributed by atoms with E-state index in [0.29, 0.717) is 6.54 Å². The first kappa shape index (κ1) is 22.3. The van der Waals surface area contributed by atoms with Gasteiger partial charge in [-0.25, -0.2) is 14.4 Å². The molecule has 2 N–H and O–H groups in total. The normalized spacial score (nSPS) is 15.5. The van der Waals surface area contributed by atoms with Gasteiger partial charge in [-0.1, -0.05) is 37.3 Å². The molecule has 1 fully saturated rings. The third-order valence-electron chi connectivity index (χ3n) is 5.01. The minimum Gasteiger partial charge on any atom is -0.352 e. The van der Waals surface area contributed by atoms with Gasteiger partial charge in [0, 0.05) is 12.7 Å². The monoisotopic (exact) mass is 444 g/mol. The van der Waals surface area contributed by atoms with E-state index in [4.69, 9.17) is 11.6 Å². The molecule has 0 bridgehead atoms. The molecule has 1 saturated carbocycles. The average molecular weight is 445 g/mol. The van der Waals surface area contributed by atoms with Crippen LogP contribution in [-0.4, -0.2) is 22.4 Å². The highest BCUT2D eigenvalue weighted by atomic mass is 35.5. The molecule has 1 aliphatic rings. The lowest BCUT2D eigenvalue weighted by atomic mass is 10.0. The maximum Gasteiger partial charge on any atom is 0.434 e. The van der Waals surface area contributed by atoms with Gasteiger partial charge in [0.1, 0.15) is 5.82 Å². The van der Waals surface area contributed by atoms with Crippen molar-refractivity contribution in [1.82, 2.24) is 15.3 Å². The standard InChI is InChI=1S/C20H21ClF4N4O/c21-15-9-13(22)7-8-16(15)28-19-27-11-14(17(29-19)20(23,24)25)18(30)26-10-12-5-3-1-2-4-6-12/h7-9,11-12H,1-6,10H2,(H,26,30)(H,27,28,29). The van der Waals surface area contributed by atoms with Crippen molar-refractivity contribution in [2.45, 2.75) is 44.7 Å². The van der Waals surface area contributed by atoms with E-state index in [1.807, 2.05) is 0 Å². The second kappa shape index (κ2) is 9.59. The Morgan fingerprint density at radius 1 is 1.17 bits per heavy atom. The number of alkyl halides is 3. The van der Waals surface area contributed by atoms with Crippen LogP contribution in [0.15, 0.2) is 24.4 Å². The van der Waals surface area contributed by atoms with Gasteiger partial charge < -0.3 is 10.6 Å². The lowest BCUT2D eigenvalue weighted by Gasteiger charge is -2.17. The van der Waals surface area contributed by atoms with Gasteiger partial charge >= 0.3 is 6.18 Å². The van der Waals surface area contributed by atoms with E-state index >= 15 is 0 Å².